The number of benzene rings is 1. The number of imidazole rings is 1. The highest BCUT2D eigenvalue weighted by Gasteiger charge is 2.03. The van der Waals surface area contributed by atoms with Crippen molar-refractivity contribution in [1.29, 1.82) is 0 Å². The van der Waals surface area contributed by atoms with Crippen LogP contribution in [0.1, 0.15) is 17.3 Å². The van der Waals surface area contributed by atoms with Crippen LogP contribution in [0.5, 0.6) is 0 Å². The lowest BCUT2D eigenvalue weighted by atomic mass is 10.1. The van der Waals surface area contributed by atoms with Gasteiger partial charge in [0, 0.05) is 18.0 Å². The number of ketones is 1. The molecular weight excluding hydrogens is 192 g/mol. The number of nitrogens with zero attached hydrogens (tertiary/aromatic N) is 1. The van der Waals surface area contributed by atoms with Crippen molar-refractivity contribution in [1.82, 2.24) is 9.55 Å². The quantitative estimate of drug-likeness (QED) is 0.748. The van der Waals surface area contributed by atoms with Gasteiger partial charge in [0.2, 0.25) is 0 Å². The monoisotopic (exact) mass is 202 g/mol. The summed E-state index contributed by atoms with van der Waals surface area (Å²) < 4.78 is 1.45. The molecule has 2 rings (SSSR count). The molecule has 1 aromatic heterocycles. The summed E-state index contributed by atoms with van der Waals surface area (Å²) in [5, 5.41) is 0. The number of Topliss-reactive ketones (excluding diaryl/α,β-unsaturated/α-hetero) is 1. The van der Waals surface area contributed by atoms with Crippen LogP contribution >= 0.6 is 0 Å². The second-order valence-corrected chi connectivity index (χ2v) is 3.24. The predicted octanol–water partition coefficient (Wildman–Crippen LogP) is 1.37. The molecule has 0 amide bonds. The van der Waals surface area contributed by atoms with Gasteiger partial charge in [0.25, 0.3) is 0 Å². The zero-order chi connectivity index (χ0) is 10.8. The Labute approximate surface area is 86.2 Å². The van der Waals surface area contributed by atoms with Gasteiger partial charge in [-0.25, -0.2) is 4.79 Å². The summed E-state index contributed by atoms with van der Waals surface area (Å²) in [5.74, 6) is -0.0135. The van der Waals surface area contributed by atoms with E-state index in [1.807, 2.05) is 0 Å². The Hall–Kier alpha value is -2.10. The molecular formula is C11H10N2O2. The Bertz CT molecular complexity index is 551. The third-order valence-corrected chi connectivity index (χ3v) is 2.18. The van der Waals surface area contributed by atoms with Gasteiger partial charge >= 0.3 is 5.69 Å². The van der Waals surface area contributed by atoms with E-state index in [-0.39, 0.29) is 11.5 Å². The van der Waals surface area contributed by atoms with Gasteiger partial charge < -0.3 is 4.98 Å². The van der Waals surface area contributed by atoms with Crippen LogP contribution in [0, 0.1) is 0 Å². The summed E-state index contributed by atoms with van der Waals surface area (Å²) in [4.78, 5) is 25.0. The van der Waals surface area contributed by atoms with Gasteiger partial charge in [0.05, 0.1) is 5.69 Å². The fraction of sp³-hybridized carbons (Fsp3) is 0.0909. The minimum Gasteiger partial charge on any atom is -0.312 e. The highest BCUT2D eigenvalue weighted by molar-refractivity contribution is 5.94. The van der Waals surface area contributed by atoms with Crippen LogP contribution in [0.2, 0.25) is 0 Å². The number of rotatable bonds is 2. The Kier molecular flexibility index (Phi) is 2.25. The van der Waals surface area contributed by atoms with Crippen molar-refractivity contribution in [2.45, 2.75) is 6.92 Å². The average Bonchev–Trinajstić information content (AvgIpc) is 2.64. The van der Waals surface area contributed by atoms with E-state index in [0.717, 1.165) is 0 Å². The van der Waals surface area contributed by atoms with Crippen molar-refractivity contribution < 1.29 is 4.79 Å². The van der Waals surface area contributed by atoms with Crippen molar-refractivity contribution in [2.75, 3.05) is 0 Å². The minimum atomic E-state index is -0.212. The van der Waals surface area contributed by atoms with E-state index < -0.39 is 0 Å². The van der Waals surface area contributed by atoms with E-state index in [1.54, 1.807) is 36.7 Å². The molecule has 1 aromatic carbocycles. The summed E-state index contributed by atoms with van der Waals surface area (Å²) >= 11 is 0. The lowest BCUT2D eigenvalue weighted by molar-refractivity contribution is 0.101. The first-order valence-electron chi connectivity index (χ1n) is 4.56. The molecule has 0 bridgehead atoms. The highest BCUT2D eigenvalue weighted by atomic mass is 16.1. The van der Waals surface area contributed by atoms with Gasteiger partial charge in [0.1, 0.15) is 0 Å². The summed E-state index contributed by atoms with van der Waals surface area (Å²) in [6.07, 6.45) is 3.18. The van der Waals surface area contributed by atoms with Crippen LogP contribution in [0.3, 0.4) is 0 Å². The van der Waals surface area contributed by atoms with Crippen molar-refractivity contribution in [2.24, 2.45) is 0 Å². The molecule has 15 heavy (non-hydrogen) atoms. The standard InChI is InChI=1S/C11H10N2O2/c1-8(14)9-3-2-4-10(7-9)13-6-5-12-11(13)15/h2-7H,1H3,(H,12,15). The van der Waals surface area contributed by atoms with Gasteiger partial charge in [-0.15, -0.1) is 0 Å². The smallest absolute Gasteiger partial charge is 0.312 e. The van der Waals surface area contributed by atoms with Crippen molar-refractivity contribution in [3.8, 4) is 5.69 Å². The molecule has 4 heteroatoms. The number of hydrogen-bond acceptors (Lipinski definition) is 2. The fourth-order valence-corrected chi connectivity index (χ4v) is 1.40. The molecule has 0 radical (unpaired) electrons. The number of aromatic nitrogens is 2. The van der Waals surface area contributed by atoms with Crippen LogP contribution in [-0.4, -0.2) is 15.3 Å². The van der Waals surface area contributed by atoms with Gasteiger partial charge in [-0.1, -0.05) is 12.1 Å². The van der Waals surface area contributed by atoms with Gasteiger partial charge in [-0.05, 0) is 19.1 Å². The van der Waals surface area contributed by atoms with E-state index in [0.29, 0.717) is 11.3 Å². The zero-order valence-electron chi connectivity index (χ0n) is 8.23. The van der Waals surface area contributed by atoms with Crippen molar-refractivity contribution in [3.63, 3.8) is 0 Å². The predicted molar refractivity (Wildman–Crippen MR) is 56.4 cm³/mol. The third-order valence-electron chi connectivity index (χ3n) is 2.18. The lowest BCUT2D eigenvalue weighted by Gasteiger charge is -2.02. The summed E-state index contributed by atoms with van der Waals surface area (Å²) in [6.45, 7) is 1.50. The van der Waals surface area contributed by atoms with Crippen LogP contribution in [0.15, 0.2) is 41.5 Å². The highest BCUT2D eigenvalue weighted by Crippen LogP contribution is 2.08. The fourth-order valence-electron chi connectivity index (χ4n) is 1.40. The number of H-pyrrole nitrogens is 1. The van der Waals surface area contributed by atoms with E-state index in [2.05, 4.69) is 4.98 Å². The molecule has 1 N–H and O–H groups in total. The molecule has 76 valence electrons. The van der Waals surface area contributed by atoms with Crippen LogP contribution in [-0.2, 0) is 0 Å². The summed E-state index contributed by atoms with van der Waals surface area (Å²) in [5.41, 5.74) is 1.07. The Morgan fingerprint density at radius 3 is 2.80 bits per heavy atom. The van der Waals surface area contributed by atoms with Crippen LogP contribution < -0.4 is 5.69 Å². The molecule has 1 heterocycles. The molecule has 0 unspecified atom stereocenters. The second-order valence-electron chi connectivity index (χ2n) is 3.24. The lowest BCUT2D eigenvalue weighted by Crippen LogP contribution is -2.14. The number of aromatic amines is 1. The largest absolute Gasteiger partial charge is 0.330 e. The molecule has 2 aromatic rings. The molecule has 0 atom stereocenters. The molecule has 0 aliphatic rings. The van der Waals surface area contributed by atoms with Gasteiger partial charge in [-0.3, -0.25) is 9.36 Å². The normalized spacial score (nSPS) is 10.2. The molecule has 0 spiro atoms. The molecule has 0 aliphatic carbocycles. The average molecular weight is 202 g/mol. The maximum absolute atomic E-state index is 11.3. The zero-order valence-corrected chi connectivity index (χ0v) is 8.23. The topological polar surface area (TPSA) is 54.9 Å². The summed E-state index contributed by atoms with van der Waals surface area (Å²) in [6, 6.07) is 6.95. The SMILES string of the molecule is CC(=O)c1cccc(-n2cc[nH]c2=O)c1. The molecule has 0 saturated carbocycles. The molecule has 0 aliphatic heterocycles. The van der Waals surface area contributed by atoms with Gasteiger partial charge in [-0.2, -0.15) is 0 Å². The Morgan fingerprint density at radius 1 is 1.40 bits per heavy atom. The molecule has 0 fully saturated rings. The van der Waals surface area contributed by atoms with Gasteiger partial charge in [0.15, 0.2) is 5.78 Å². The maximum Gasteiger partial charge on any atom is 0.330 e. The Balaban J connectivity index is 2.55. The number of hydrogen-bond donors (Lipinski definition) is 1. The van der Waals surface area contributed by atoms with Crippen LogP contribution in [0.4, 0.5) is 0 Å². The Morgan fingerprint density at radius 2 is 2.20 bits per heavy atom. The minimum absolute atomic E-state index is 0.0135. The maximum atomic E-state index is 11.3. The van der Waals surface area contributed by atoms with E-state index in [9.17, 15) is 9.59 Å². The summed E-state index contributed by atoms with van der Waals surface area (Å²) in [7, 11) is 0. The molecule has 4 nitrogen and oxygen atoms in total. The third kappa shape index (κ3) is 1.74. The first-order chi connectivity index (χ1) is 7.18. The first-order valence-corrected chi connectivity index (χ1v) is 4.56. The number of nitrogens with one attached hydrogen (secondary N) is 1. The number of carbonyl (C=O) groups is 1. The van der Waals surface area contributed by atoms with E-state index in [4.69, 9.17) is 0 Å². The van der Waals surface area contributed by atoms with E-state index in [1.165, 1.54) is 11.5 Å². The first kappa shape index (κ1) is 9.45. The molecule has 0 saturated heterocycles. The number of carbonyl (C=O) groups excluding carboxylic acids is 1. The van der Waals surface area contributed by atoms with Crippen molar-refractivity contribution in [3.05, 3.63) is 52.7 Å². The second kappa shape index (κ2) is 3.57. The van der Waals surface area contributed by atoms with Crippen molar-refractivity contribution >= 4 is 5.78 Å². The van der Waals surface area contributed by atoms with Crippen LogP contribution in [0.25, 0.3) is 5.69 Å². The van der Waals surface area contributed by atoms with E-state index >= 15 is 0 Å².